The molecular formula is C22H14NO6-. The van der Waals surface area contributed by atoms with Crippen molar-refractivity contribution in [2.24, 2.45) is 0 Å². The zero-order valence-electron chi connectivity index (χ0n) is 15.3. The predicted molar refractivity (Wildman–Crippen MR) is 102 cm³/mol. The quantitative estimate of drug-likeness (QED) is 0.501. The lowest BCUT2D eigenvalue weighted by molar-refractivity contribution is -0.254. The molecule has 0 aromatic heterocycles. The molecule has 4 rings (SSSR count). The van der Waals surface area contributed by atoms with Crippen LogP contribution in [-0.4, -0.2) is 30.4 Å². The SMILES string of the molecule is CCOC(=O)c1ccc(N2C(=O)c3cccc4c(C(=O)[O-])ccc(c34)C2=O)cc1. The zero-order valence-corrected chi connectivity index (χ0v) is 15.3. The molecule has 144 valence electrons. The first-order valence-corrected chi connectivity index (χ1v) is 8.87. The summed E-state index contributed by atoms with van der Waals surface area (Å²) >= 11 is 0. The lowest BCUT2D eigenvalue weighted by atomic mass is 9.91. The Hall–Kier alpha value is -4.00. The molecule has 29 heavy (non-hydrogen) atoms. The number of benzene rings is 3. The van der Waals surface area contributed by atoms with E-state index in [9.17, 15) is 24.3 Å². The van der Waals surface area contributed by atoms with Gasteiger partial charge in [0.2, 0.25) is 0 Å². The van der Waals surface area contributed by atoms with Gasteiger partial charge in [0.15, 0.2) is 0 Å². The number of esters is 1. The molecule has 1 aliphatic rings. The maximum absolute atomic E-state index is 13.1. The van der Waals surface area contributed by atoms with E-state index in [1.54, 1.807) is 19.1 Å². The van der Waals surface area contributed by atoms with E-state index < -0.39 is 23.8 Å². The number of amides is 2. The molecule has 0 atom stereocenters. The number of carboxylic acids is 1. The number of rotatable bonds is 4. The number of nitrogens with zero attached hydrogens (tertiary/aromatic N) is 1. The summed E-state index contributed by atoms with van der Waals surface area (Å²) < 4.78 is 4.93. The highest BCUT2D eigenvalue weighted by molar-refractivity contribution is 6.36. The minimum atomic E-state index is -1.38. The summed E-state index contributed by atoms with van der Waals surface area (Å²) in [6.07, 6.45) is 0. The number of carbonyl (C=O) groups excluding carboxylic acids is 4. The van der Waals surface area contributed by atoms with Crippen LogP contribution in [0.25, 0.3) is 10.8 Å². The smallest absolute Gasteiger partial charge is 0.338 e. The Morgan fingerprint density at radius 1 is 0.931 bits per heavy atom. The highest BCUT2D eigenvalue weighted by Gasteiger charge is 2.34. The Labute approximate surface area is 165 Å². The molecule has 7 heteroatoms. The summed E-state index contributed by atoms with van der Waals surface area (Å²) in [7, 11) is 0. The number of aromatic carboxylic acids is 1. The summed E-state index contributed by atoms with van der Waals surface area (Å²) in [6, 6.07) is 13.2. The molecule has 1 heterocycles. The van der Waals surface area contributed by atoms with Crippen molar-refractivity contribution in [3.05, 3.63) is 76.9 Å². The Bertz CT molecular complexity index is 1170. The molecule has 0 spiro atoms. The van der Waals surface area contributed by atoms with E-state index in [0.29, 0.717) is 16.6 Å². The highest BCUT2D eigenvalue weighted by Crippen LogP contribution is 2.34. The molecule has 0 bridgehead atoms. The van der Waals surface area contributed by atoms with Gasteiger partial charge in [-0.1, -0.05) is 18.2 Å². The van der Waals surface area contributed by atoms with Crippen molar-refractivity contribution >= 4 is 40.2 Å². The van der Waals surface area contributed by atoms with Gasteiger partial charge in [0.25, 0.3) is 11.8 Å². The molecule has 0 unspecified atom stereocenters. The van der Waals surface area contributed by atoms with Crippen LogP contribution in [0.1, 0.15) is 48.4 Å². The maximum Gasteiger partial charge on any atom is 0.338 e. The number of anilines is 1. The summed E-state index contributed by atoms with van der Waals surface area (Å²) in [4.78, 5) is 50.4. The van der Waals surface area contributed by atoms with Crippen molar-refractivity contribution in [1.29, 1.82) is 0 Å². The largest absolute Gasteiger partial charge is 0.545 e. The van der Waals surface area contributed by atoms with Crippen molar-refractivity contribution in [3.8, 4) is 0 Å². The first-order chi connectivity index (χ1) is 13.9. The highest BCUT2D eigenvalue weighted by atomic mass is 16.5. The molecule has 1 aliphatic heterocycles. The van der Waals surface area contributed by atoms with Gasteiger partial charge in [-0.05, 0) is 48.7 Å². The molecule has 0 N–H and O–H groups in total. The molecule has 0 saturated heterocycles. The second-order valence-corrected chi connectivity index (χ2v) is 6.39. The number of hydrogen-bond donors (Lipinski definition) is 0. The van der Waals surface area contributed by atoms with Gasteiger partial charge in [-0.2, -0.15) is 0 Å². The number of carboxylic acid groups (broad SMARTS) is 1. The van der Waals surface area contributed by atoms with Crippen molar-refractivity contribution in [2.75, 3.05) is 11.5 Å². The number of ether oxygens (including phenoxy) is 1. The minimum absolute atomic E-state index is 0.0848. The second kappa shape index (κ2) is 6.87. The third-order valence-electron chi connectivity index (χ3n) is 4.76. The lowest BCUT2D eigenvalue weighted by Gasteiger charge is -2.28. The molecule has 3 aromatic carbocycles. The maximum atomic E-state index is 13.1. The molecule has 0 radical (unpaired) electrons. The average molecular weight is 388 g/mol. The standard InChI is InChI=1S/C22H15NO6/c1-2-29-22(28)12-6-8-13(9-7-12)23-19(24)16-5-3-4-14-15(21(26)27)10-11-17(18(14)16)20(23)25/h3-11H,2H2,1H3,(H,26,27)/p-1. The average Bonchev–Trinajstić information content (AvgIpc) is 2.72. The summed E-state index contributed by atoms with van der Waals surface area (Å²) in [5.41, 5.74) is 0.941. The van der Waals surface area contributed by atoms with Gasteiger partial charge in [0.1, 0.15) is 0 Å². The fraction of sp³-hybridized carbons (Fsp3) is 0.0909. The van der Waals surface area contributed by atoms with Gasteiger partial charge < -0.3 is 14.6 Å². The van der Waals surface area contributed by atoms with Crippen LogP contribution in [0.2, 0.25) is 0 Å². The molecule has 0 aliphatic carbocycles. The monoisotopic (exact) mass is 388 g/mol. The number of carbonyl (C=O) groups is 4. The Morgan fingerprint density at radius 2 is 1.59 bits per heavy atom. The van der Waals surface area contributed by atoms with Gasteiger partial charge >= 0.3 is 5.97 Å². The van der Waals surface area contributed by atoms with Crippen LogP contribution in [0.3, 0.4) is 0 Å². The normalized spacial score (nSPS) is 12.9. The van der Waals surface area contributed by atoms with Crippen LogP contribution >= 0.6 is 0 Å². The first kappa shape index (κ1) is 18.4. The van der Waals surface area contributed by atoms with Crippen LogP contribution < -0.4 is 10.0 Å². The Morgan fingerprint density at radius 3 is 2.21 bits per heavy atom. The van der Waals surface area contributed by atoms with Gasteiger partial charge in [-0.3, -0.25) is 9.59 Å². The summed E-state index contributed by atoms with van der Waals surface area (Å²) in [5, 5.41) is 12.0. The summed E-state index contributed by atoms with van der Waals surface area (Å²) in [6.45, 7) is 1.93. The fourth-order valence-corrected chi connectivity index (χ4v) is 3.47. The molecule has 7 nitrogen and oxygen atoms in total. The number of imide groups is 1. The van der Waals surface area contributed by atoms with Crippen LogP contribution in [-0.2, 0) is 4.74 Å². The van der Waals surface area contributed by atoms with Gasteiger partial charge in [-0.15, -0.1) is 0 Å². The van der Waals surface area contributed by atoms with Crippen LogP contribution in [0.15, 0.2) is 54.6 Å². The van der Waals surface area contributed by atoms with E-state index in [0.717, 1.165) is 4.90 Å². The zero-order chi connectivity index (χ0) is 20.7. The summed E-state index contributed by atoms with van der Waals surface area (Å²) in [5.74, 6) is -3.04. The molecule has 3 aromatic rings. The van der Waals surface area contributed by atoms with Crippen LogP contribution in [0.5, 0.6) is 0 Å². The molecular weight excluding hydrogens is 374 g/mol. The van der Waals surface area contributed by atoms with Gasteiger partial charge in [0, 0.05) is 22.1 Å². The van der Waals surface area contributed by atoms with Crippen LogP contribution in [0, 0.1) is 0 Å². The van der Waals surface area contributed by atoms with Gasteiger partial charge in [-0.25, -0.2) is 9.69 Å². The number of hydrogen-bond acceptors (Lipinski definition) is 6. The molecule has 2 amide bonds. The van der Waals surface area contributed by atoms with E-state index in [-0.39, 0.29) is 28.7 Å². The molecule has 0 fully saturated rings. The van der Waals surface area contributed by atoms with Crippen molar-refractivity contribution < 1.29 is 29.0 Å². The van der Waals surface area contributed by atoms with Crippen molar-refractivity contribution in [2.45, 2.75) is 6.92 Å². The first-order valence-electron chi connectivity index (χ1n) is 8.87. The fourth-order valence-electron chi connectivity index (χ4n) is 3.47. The third-order valence-corrected chi connectivity index (χ3v) is 4.76. The van der Waals surface area contributed by atoms with Crippen LogP contribution in [0.4, 0.5) is 5.69 Å². The van der Waals surface area contributed by atoms with Crippen molar-refractivity contribution in [1.82, 2.24) is 0 Å². The van der Waals surface area contributed by atoms with Crippen molar-refractivity contribution in [3.63, 3.8) is 0 Å². The van der Waals surface area contributed by atoms with E-state index in [1.807, 2.05) is 0 Å². The van der Waals surface area contributed by atoms with E-state index in [1.165, 1.54) is 42.5 Å². The van der Waals surface area contributed by atoms with E-state index in [4.69, 9.17) is 4.74 Å². The Balaban J connectivity index is 1.82. The topological polar surface area (TPSA) is 104 Å². The lowest BCUT2D eigenvalue weighted by Crippen LogP contribution is -2.40. The Kier molecular flexibility index (Phi) is 4.35. The van der Waals surface area contributed by atoms with E-state index in [2.05, 4.69) is 0 Å². The van der Waals surface area contributed by atoms with E-state index >= 15 is 0 Å². The minimum Gasteiger partial charge on any atom is -0.545 e. The second-order valence-electron chi connectivity index (χ2n) is 6.39. The van der Waals surface area contributed by atoms with Gasteiger partial charge in [0.05, 0.1) is 23.8 Å². The third kappa shape index (κ3) is 2.84. The molecule has 0 saturated carbocycles. The predicted octanol–water partition coefficient (Wildman–Crippen LogP) is 2.18.